The van der Waals surface area contributed by atoms with Gasteiger partial charge < -0.3 is 19.7 Å². The lowest BCUT2D eigenvalue weighted by Crippen LogP contribution is -3.16. The summed E-state index contributed by atoms with van der Waals surface area (Å²) in [5.41, 5.74) is 0.734. The van der Waals surface area contributed by atoms with Crippen molar-refractivity contribution in [3.05, 3.63) is 24.3 Å². The van der Waals surface area contributed by atoms with Crippen molar-refractivity contribution in [1.29, 1.82) is 0 Å². The summed E-state index contributed by atoms with van der Waals surface area (Å²) < 4.78 is 11.2. The molecule has 0 bridgehead atoms. The first-order valence-corrected chi connectivity index (χ1v) is 7.59. The second-order valence-corrected chi connectivity index (χ2v) is 5.57. The van der Waals surface area contributed by atoms with E-state index in [9.17, 15) is 4.79 Å². The van der Waals surface area contributed by atoms with Crippen LogP contribution in [-0.4, -0.2) is 44.4 Å². The molecule has 5 heteroatoms. The van der Waals surface area contributed by atoms with Crippen molar-refractivity contribution in [2.24, 2.45) is 0 Å². The van der Waals surface area contributed by atoms with Crippen molar-refractivity contribution in [2.45, 2.75) is 33.0 Å². The highest BCUT2D eigenvalue weighted by atomic mass is 16.5. The van der Waals surface area contributed by atoms with Gasteiger partial charge in [-0.2, -0.15) is 0 Å². The van der Waals surface area contributed by atoms with Crippen LogP contribution in [0.2, 0.25) is 0 Å². The van der Waals surface area contributed by atoms with Gasteiger partial charge in [-0.1, -0.05) is 12.1 Å². The molecule has 1 amide bonds. The highest BCUT2D eigenvalue weighted by Crippen LogP contribution is 2.23. The minimum absolute atomic E-state index is 0.0125. The topological polar surface area (TPSA) is 52.0 Å². The molecule has 2 atom stereocenters. The molecule has 1 heterocycles. The molecule has 1 aromatic rings. The number of benzene rings is 1. The molecule has 1 aliphatic rings. The predicted molar refractivity (Wildman–Crippen MR) is 81.8 cm³/mol. The van der Waals surface area contributed by atoms with E-state index >= 15 is 0 Å². The first-order chi connectivity index (χ1) is 10.1. The van der Waals surface area contributed by atoms with E-state index < -0.39 is 0 Å². The number of carbonyl (C=O) groups is 1. The van der Waals surface area contributed by atoms with Gasteiger partial charge in [0.1, 0.15) is 31.0 Å². The van der Waals surface area contributed by atoms with Gasteiger partial charge >= 0.3 is 0 Å². The minimum Gasteiger partial charge on any atom is -0.492 e. The number of anilines is 1. The van der Waals surface area contributed by atoms with Crippen molar-refractivity contribution in [3.8, 4) is 5.75 Å². The molecule has 0 saturated carbocycles. The Kier molecular flexibility index (Phi) is 5.59. The molecular formula is C16H25N2O3+. The zero-order valence-corrected chi connectivity index (χ0v) is 13.0. The van der Waals surface area contributed by atoms with Gasteiger partial charge in [-0.25, -0.2) is 0 Å². The molecule has 21 heavy (non-hydrogen) atoms. The average Bonchev–Trinajstić information content (AvgIpc) is 2.40. The summed E-state index contributed by atoms with van der Waals surface area (Å²) in [5, 5.41) is 2.95. The van der Waals surface area contributed by atoms with Gasteiger partial charge in [-0.15, -0.1) is 0 Å². The van der Waals surface area contributed by atoms with Crippen LogP contribution in [0.15, 0.2) is 24.3 Å². The number of quaternary nitrogens is 1. The molecule has 1 fully saturated rings. The van der Waals surface area contributed by atoms with E-state index in [0.29, 0.717) is 18.9 Å². The van der Waals surface area contributed by atoms with Gasteiger partial charge in [0.15, 0.2) is 6.54 Å². The van der Waals surface area contributed by atoms with Crippen molar-refractivity contribution >= 4 is 11.6 Å². The van der Waals surface area contributed by atoms with Crippen LogP contribution in [0.5, 0.6) is 5.75 Å². The van der Waals surface area contributed by atoms with Gasteiger partial charge in [0, 0.05) is 0 Å². The lowest BCUT2D eigenvalue weighted by Gasteiger charge is -2.31. The zero-order valence-electron chi connectivity index (χ0n) is 13.0. The Balaban J connectivity index is 1.92. The van der Waals surface area contributed by atoms with Crippen LogP contribution in [0, 0.1) is 0 Å². The molecule has 1 saturated heterocycles. The predicted octanol–water partition coefficient (Wildman–Crippen LogP) is 0.716. The van der Waals surface area contributed by atoms with E-state index in [1.165, 1.54) is 4.90 Å². The Labute approximate surface area is 126 Å². The molecule has 2 rings (SSSR count). The third kappa shape index (κ3) is 4.72. The Morgan fingerprint density at radius 1 is 1.33 bits per heavy atom. The minimum atomic E-state index is 0.0125. The molecule has 1 aromatic carbocycles. The second-order valence-electron chi connectivity index (χ2n) is 5.57. The van der Waals surface area contributed by atoms with Crippen molar-refractivity contribution in [2.75, 3.05) is 31.6 Å². The average molecular weight is 293 g/mol. The van der Waals surface area contributed by atoms with Crippen LogP contribution in [0.4, 0.5) is 5.69 Å². The number of morpholine rings is 1. The quantitative estimate of drug-likeness (QED) is 0.841. The standard InChI is InChI=1S/C16H24N2O3/c1-4-20-15-8-6-5-7-14(15)17-16(19)11-18-9-12(2)21-13(3)10-18/h5-8,12-13H,4,9-11H2,1-3H3,(H,17,19)/p+1/t12-,13-/m0/s1. The van der Waals surface area contributed by atoms with Gasteiger partial charge in [0.25, 0.3) is 5.91 Å². The molecule has 0 unspecified atom stereocenters. The fourth-order valence-corrected chi connectivity index (χ4v) is 2.81. The summed E-state index contributed by atoms with van der Waals surface area (Å²) in [7, 11) is 0. The number of carbonyl (C=O) groups excluding carboxylic acids is 1. The Hall–Kier alpha value is -1.59. The van der Waals surface area contributed by atoms with Crippen molar-refractivity contribution < 1.29 is 19.2 Å². The van der Waals surface area contributed by atoms with Gasteiger partial charge in [-0.3, -0.25) is 4.79 Å². The van der Waals surface area contributed by atoms with Crippen LogP contribution in [-0.2, 0) is 9.53 Å². The van der Waals surface area contributed by atoms with Gasteiger partial charge in [0.05, 0.1) is 12.3 Å². The monoisotopic (exact) mass is 293 g/mol. The van der Waals surface area contributed by atoms with Crippen LogP contribution in [0.3, 0.4) is 0 Å². The Bertz CT molecular complexity index is 468. The molecule has 5 nitrogen and oxygen atoms in total. The number of rotatable bonds is 5. The summed E-state index contributed by atoms with van der Waals surface area (Å²) in [6.45, 7) is 8.81. The van der Waals surface area contributed by atoms with E-state index in [4.69, 9.17) is 9.47 Å². The summed E-state index contributed by atoms with van der Waals surface area (Å²) in [5.74, 6) is 0.727. The molecule has 1 aliphatic heterocycles. The largest absolute Gasteiger partial charge is 0.492 e. The van der Waals surface area contributed by atoms with Crippen LogP contribution in [0.1, 0.15) is 20.8 Å². The van der Waals surface area contributed by atoms with Crippen molar-refractivity contribution in [1.82, 2.24) is 0 Å². The first-order valence-electron chi connectivity index (χ1n) is 7.59. The molecule has 116 valence electrons. The molecule has 0 radical (unpaired) electrons. The molecule has 0 aromatic heterocycles. The maximum absolute atomic E-state index is 12.2. The number of hydrogen-bond donors (Lipinski definition) is 2. The summed E-state index contributed by atoms with van der Waals surface area (Å²) in [6, 6.07) is 7.52. The summed E-state index contributed by atoms with van der Waals surface area (Å²) >= 11 is 0. The van der Waals surface area contributed by atoms with Crippen LogP contribution < -0.4 is 15.0 Å². The first kappa shape index (κ1) is 15.8. The summed E-state index contributed by atoms with van der Waals surface area (Å²) in [4.78, 5) is 13.5. The molecule has 2 N–H and O–H groups in total. The smallest absolute Gasteiger partial charge is 0.279 e. The summed E-state index contributed by atoms with van der Waals surface area (Å²) in [6.07, 6.45) is 0.402. The number of hydrogen-bond acceptors (Lipinski definition) is 3. The Morgan fingerprint density at radius 2 is 2.00 bits per heavy atom. The number of amides is 1. The fraction of sp³-hybridized carbons (Fsp3) is 0.562. The maximum Gasteiger partial charge on any atom is 0.279 e. The van der Waals surface area contributed by atoms with Gasteiger partial charge in [0.2, 0.25) is 0 Å². The third-order valence-electron chi connectivity index (χ3n) is 3.49. The Morgan fingerprint density at radius 3 is 2.67 bits per heavy atom. The normalized spacial score (nSPS) is 25.4. The third-order valence-corrected chi connectivity index (χ3v) is 3.49. The lowest BCUT2D eigenvalue weighted by molar-refractivity contribution is -0.907. The number of ether oxygens (including phenoxy) is 2. The second kappa shape index (κ2) is 7.43. The fourth-order valence-electron chi connectivity index (χ4n) is 2.81. The molecule has 0 aliphatic carbocycles. The lowest BCUT2D eigenvalue weighted by atomic mass is 10.2. The number of para-hydroxylation sites is 2. The van der Waals surface area contributed by atoms with Gasteiger partial charge in [-0.05, 0) is 32.9 Å². The highest BCUT2D eigenvalue weighted by molar-refractivity contribution is 5.92. The SMILES string of the molecule is CCOc1ccccc1NC(=O)C[NH+]1C[C@H](C)O[C@@H](C)C1. The maximum atomic E-state index is 12.2. The highest BCUT2D eigenvalue weighted by Gasteiger charge is 2.27. The number of nitrogens with one attached hydrogen (secondary N) is 2. The van der Waals surface area contributed by atoms with Crippen molar-refractivity contribution in [3.63, 3.8) is 0 Å². The van der Waals surface area contributed by atoms with E-state index in [1.807, 2.05) is 31.2 Å². The van der Waals surface area contributed by atoms with Crippen LogP contribution >= 0.6 is 0 Å². The van der Waals surface area contributed by atoms with E-state index in [0.717, 1.165) is 18.8 Å². The molecule has 0 spiro atoms. The zero-order chi connectivity index (χ0) is 15.2. The van der Waals surface area contributed by atoms with E-state index in [-0.39, 0.29) is 18.1 Å². The van der Waals surface area contributed by atoms with Crippen LogP contribution in [0.25, 0.3) is 0 Å². The van der Waals surface area contributed by atoms with E-state index in [2.05, 4.69) is 19.2 Å². The molecular weight excluding hydrogens is 268 g/mol. The van der Waals surface area contributed by atoms with E-state index in [1.54, 1.807) is 0 Å².